The lowest BCUT2D eigenvalue weighted by Gasteiger charge is -2.14. The van der Waals surface area contributed by atoms with E-state index in [-0.39, 0.29) is 24.0 Å². The van der Waals surface area contributed by atoms with Crippen LogP contribution in [0.5, 0.6) is 0 Å². The van der Waals surface area contributed by atoms with E-state index in [1.165, 1.54) is 12.1 Å². The van der Waals surface area contributed by atoms with Crippen molar-refractivity contribution in [2.75, 3.05) is 11.9 Å². The maximum Gasteiger partial charge on any atom is 0.227 e. The Morgan fingerprint density at radius 3 is 2.76 bits per heavy atom. The van der Waals surface area contributed by atoms with Crippen LogP contribution in [0, 0.1) is 23.6 Å². The Balaban J connectivity index is 2.74. The van der Waals surface area contributed by atoms with Crippen molar-refractivity contribution in [3.8, 4) is 11.8 Å². The Kier molecular flexibility index (Phi) is 7.49. The van der Waals surface area contributed by atoms with E-state index in [0.717, 1.165) is 25.7 Å². The van der Waals surface area contributed by atoms with Crippen LogP contribution in [0.1, 0.15) is 45.1 Å². The number of carbonyl (C=O) groups is 1. The van der Waals surface area contributed by atoms with Gasteiger partial charge in [0, 0.05) is 11.6 Å². The second-order valence-corrected chi connectivity index (χ2v) is 4.89. The summed E-state index contributed by atoms with van der Waals surface area (Å²) in [5, 5.41) is 11.3. The SMILES string of the molecule is CCCCC(CC)C(=O)Nc1ccc(C#CCO)c(F)c1. The number of aliphatic hydroxyl groups excluding tert-OH is 1. The van der Waals surface area contributed by atoms with Gasteiger partial charge >= 0.3 is 0 Å². The lowest BCUT2D eigenvalue weighted by Crippen LogP contribution is -2.22. The highest BCUT2D eigenvalue weighted by molar-refractivity contribution is 5.92. The van der Waals surface area contributed by atoms with Crippen LogP contribution in [-0.2, 0) is 4.79 Å². The Labute approximate surface area is 125 Å². The lowest BCUT2D eigenvalue weighted by atomic mass is 9.98. The minimum Gasteiger partial charge on any atom is -0.384 e. The highest BCUT2D eigenvalue weighted by atomic mass is 19.1. The van der Waals surface area contributed by atoms with E-state index >= 15 is 0 Å². The van der Waals surface area contributed by atoms with Crippen molar-refractivity contribution in [2.24, 2.45) is 5.92 Å². The molecule has 0 aliphatic heterocycles. The minimum atomic E-state index is -0.504. The van der Waals surface area contributed by atoms with Gasteiger partial charge in [0.2, 0.25) is 5.91 Å². The summed E-state index contributed by atoms with van der Waals surface area (Å²) in [6.45, 7) is 3.76. The maximum absolute atomic E-state index is 13.8. The summed E-state index contributed by atoms with van der Waals surface area (Å²) in [4.78, 5) is 12.1. The quantitative estimate of drug-likeness (QED) is 0.790. The van der Waals surface area contributed by atoms with Gasteiger partial charge in [-0.1, -0.05) is 38.5 Å². The van der Waals surface area contributed by atoms with Crippen molar-refractivity contribution in [1.82, 2.24) is 0 Å². The van der Waals surface area contributed by atoms with E-state index in [4.69, 9.17) is 5.11 Å². The summed E-state index contributed by atoms with van der Waals surface area (Å²) in [7, 11) is 0. The van der Waals surface area contributed by atoms with Crippen molar-refractivity contribution >= 4 is 11.6 Å². The topological polar surface area (TPSA) is 49.3 Å². The third-order valence-electron chi connectivity index (χ3n) is 3.31. The first kappa shape index (κ1) is 17.2. The zero-order chi connectivity index (χ0) is 15.7. The standard InChI is InChI=1S/C17H22FNO2/c1-3-5-7-13(4-2)17(21)19-15-10-9-14(8-6-11-20)16(18)12-15/h9-10,12-13,20H,3-5,7,11H2,1-2H3,(H,19,21). The molecule has 0 aliphatic rings. The summed E-state index contributed by atoms with van der Waals surface area (Å²) in [5.41, 5.74) is 0.641. The number of carbonyl (C=O) groups excluding carboxylic acids is 1. The van der Waals surface area contributed by atoms with E-state index < -0.39 is 5.82 Å². The zero-order valence-electron chi connectivity index (χ0n) is 12.6. The molecule has 21 heavy (non-hydrogen) atoms. The predicted molar refractivity (Wildman–Crippen MR) is 82.3 cm³/mol. The van der Waals surface area contributed by atoms with Crippen LogP contribution in [0.3, 0.4) is 0 Å². The summed E-state index contributed by atoms with van der Waals surface area (Å²) < 4.78 is 13.8. The Bertz CT molecular complexity index is 531. The van der Waals surface area contributed by atoms with Crippen molar-refractivity contribution in [2.45, 2.75) is 39.5 Å². The molecule has 3 nitrogen and oxygen atoms in total. The normalized spacial score (nSPS) is 11.4. The first-order valence-electron chi connectivity index (χ1n) is 7.32. The van der Waals surface area contributed by atoms with Crippen LogP contribution in [0.2, 0.25) is 0 Å². The van der Waals surface area contributed by atoms with Crippen LogP contribution in [0.4, 0.5) is 10.1 Å². The summed E-state index contributed by atoms with van der Waals surface area (Å²) in [6, 6.07) is 4.38. The molecule has 2 N–H and O–H groups in total. The molecule has 1 rings (SSSR count). The molecule has 1 aromatic carbocycles. The van der Waals surface area contributed by atoms with Gasteiger partial charge in [0.05, 0.1) is 5.56 Å². The molecule has 0 saturated heterocycles. The monoisotopic (exact) mass is 291 g/mol. The lowest BCUT2D eigenvalue weighted by molar-refractivity contribution is -0.120. The van der Waals surface area contributed by atoms with Crippen molar-refractivity contribution in [3.63, 3.8) is 0 Å². The van der Waals surface area contributed by atoms with Crippen molar-refractivity contribution in [3.05, 3.63) is 29.6 Å². The molecule has 0 aliphatic carbocycles. The number of unbranched alkanes of at least 4 members (excludes halogenated alkanes) is 1. The molecule has 0 heterocycles. The van der Waals surface area contributed by atoms with Gasteiger partial charge in [0.15, 0.2) is 0 Å². The highest BCUT2D eigenvalue weighted by Crippen LogP contribution is 2.18. The molecule has 1 unspecified atom stereocenters. The number of anilines is 1. The smallest absolute Gasteiger partial charge is 0.227 e. The van der Waals surface area contributed by atoms with Crippen LogP contribution in [-0.4, -0.2) is 17.6 Å². The number of aliphatic hydroxyl groups is 1. The Morgan fingerprint density at radius 1 is 1.43 bits per heavy atom. The minimum absolute atomic E-state index is 0.0399. The van der Waals surface area contributed by atoms with Crippen LogP contribution >= 0.6 is 0 Å². The first-order chi connectivity index (χ1) is 10.1. The third kappa shape index (κ3) is 5.57. The first-order valence-corrected chi connectivity index (χ1v) is 7.32. The fraction of sp³-hybridized carbons (Fsp3) is 0.471. The molecule has 0 fully saturated rings. The average molecular weight is 291 g/mol. The maximum atomic E-state index is 13.8. The summed E-state index contributed by atoms with van der Waals surface area (Å²) in [6.07, 6.45) is 3.68. The molecule has 0 aromatic heterocycles. The van der Waals surface area contributed by atoms with Gasteiger partial charge < -0.3 is 10.4 Å². The molecule has 1 atom stereocenters. The molecular formula is C17H22FNO2. The molecule has 1 aromatic rings. The number of hydrogen-bond acceptors (Lipinski definition) is 2. The fourth-order valence-corrected chi connectivity index (χ4v) is 2.04. The largest absolute Gasteiger partial charge is 0.384 e. The molecule has 0 saturated carbocycles. The highest BCUT2D eigenvalue weighted by Gasteiger charge is 2.16. The summed E-state index contributed by atoms with van der Waals surface area (Å²) >= 11 is 0. The van der Waals surface area contributed by atoms with E-state index in [1.807, 2.05) is 6.92 Å². The molecule has 0 bridgehead atoms. The molecule has 114 valence electrons. The third-order valence-corrected chi connectivity index (χ3v) is 3.31. The molecular weight excluding hydrogens is 269 g/mol. The number of hydrogen-bond donors (Lipinski definition) is 2. The number of rotatable bonds is 6. The Morgan fingerprint density at radius 2 is 2.19 bits per heavy atom. The van der Waals surface area contributed by atoms with Crippen molar-refractivity contribution in [1.29, 1.82) is 0 Å². The van der Waals surface area contributed by atoms with E-state index in [2.05, 4.69) is 24.1 Å². The van der Waals surface area contributed by atoms with Crippen LogP contribution < -0.4 is 5.32 Å². The van der Waals surface area contributed by atoms with Crippen LogP contribution in [0.15, 0.2) is 18.2 Å². The number of halogens is 1. The van der Waals surface area contributed by atoms with Gasteiger partial charge in [-0.2, -0.15) is 0 Å². The summed E-state index contributed by atoms with van der Waals surface area (Å²) in [5.74, 6) is 4.30. The van der Waals surface area contributed by atoms with Gasteiger partial charge in [0.25, 0.3) is 0 Å². The molecule has 0 radical (unpaired) electrons. The number of benzene rings is 1. The second-order valence-electron chi connectivity index (χ2n) is 4.89. The van der Waals surface area contributed by atoms with E-state index in [0.29, 0.717) is 5.69 Å². The molecule has 4 heteroatoms. The van der Waals surface area contributed by atoms with Gasteiger partial charge in [-0.15, -0.1) is 0 Å². The zero-order valence-corrected chi connectivity index (χ0v) is 12.6. The molecule has 0 spiro atoms. The fourth-order valence-electron chi connectivity index (χ4n) is 2.04. The van der Waals surface area contributed by atoms with Gasteiger partial charge in [-0.25, -0.2) is 4.39 Å². The van der Waals surface area contributed by atoms with Crippen LogP contribution in [0.25, 0.3) is 0 Å². The van der Waals surface area contributed by atoms with Gasteiger partial charge in [-0.05, 0) is 31.0 Å². The average Bonchev–Trinajstić information content (AvgIpc) is 2.47. The molecule has 1 amide bonds. The van der Waals surface area contributed by atoms with Gasteiger partial charge in [0.1, 0.15) is 12.4 Å². The van der Waals surface area contributed by atoms with Crippen molar-refractivity contribution < 1.29 is 14.3 Å². The second kappa shape index (κ2) is 9.15. The predicted octanol–water partition coefficient (Wildman–Crippen LogP) is 3.32. The van der Waals surface area contributed by atoms with E-state index in [9.17, 15) is 9.18 Å². The Hall–Kier alpha value is -1.86. The van der Waals surface area contributed by atoms with Gasteiger partial charge in [-0.3, -0.25) is 4.79 Å². The number of amides is 1. The number of nitrogens with one attached hydrogen (secondary N) is 1. The van der Waals surface area contributed by atoms with E-state index in [1.54, 1.807) is 6.07 Å².